The molecule has 1 aliphatic heterocycles. The zero-order valence-corrected chi connectivity index (χ0v) is 11.5. The average molecular weight is 265 g/mol. The fourth-order valence-corrected chi connectivity index (χ4v) is 2.29. The van der Waals surface area contributed by atoms with Gasteiger partial charge in [-0.05, 0) is 31.5 Å². The Kier molecular flexibility index (Phi) is 5.63. The molecule has 19 heavy (non-hydrogen) atoms. The highest BCUT2D eigenvalue weighted by Crippen LogP contribution is 2.29. The Labute approximate surface area is 114 Å². The molecule has 0 spiro atoms. The Bertz CT molecular complexity index is 395. The van der Waals surface area contributed by atoms with Gasteiger partial charge >= 0.3 is 0 Å². The highest BCUT2D eigenvalue weighted by atomic mass is 16.5. The van der Waals surface area contributed by atoms with E-state index >= 15 is 0 Å². The molecule has 0 bridgehead atoms. The van der Waals surface area contributed by atoms with Gasteiger partial charge < -0.3 is 19.9 Å². The molecule has 0 fully saturated rings. The first-order chi connectivity index (χ1) is 9.29. The van der Waals surface area contributed by atoms with Crippen molar-refractivity contribution in [2.75, 3.05) is 32.9 Å². The molecule has 1 aromatic rings. The summed E-state index contributed by atoms with van der Waals surface area (Å²) in [6.45, 7) is 5.12. The van der Waals surface area contributed by atoms with Crippen LogP contribution in [0.1, 0.15) is 17.5 Å². The highest BCUT2D eigenvalue weighted by Gasteiger charge is 2.21. The zero-order chi connectivity index (χ0) is 13.5. The third-order valence-corrected chi connectivity index (χ3v) is 3.21. The Hall–Kier alpha value is -1.10. The Morgan fingerprint density at radius 3 is 3.16 bits per heavy atom. The van der Waals surface area contributed by atoms with Crippen molar-refractivity contribution in [2.45, 2.75) is 25.9 Å². The van der Waals surface area contributed by atoms with E-state index in [-0.39, 0.29) is 12.7 Å². The summed E-state index contributed by atoms with van der Waals surface area (Å²) >= 11 is 0. The van der Waals surface area contributed by atoms with Gasteiger partial charge in [-0.15, -0.1) is 0 Å². The van der Waals surface area contributed by atoms with Gasteiger partial charge in [-0.2, -0.15) is 0 Å². The first-order valence-electron chi connectivity index (χ1n) is 6.95. The Morgan fingerprint density at radius 1 is 1.42 bits per heavy atom. The van der Waals surface area contributed by atoms with E-state index in [0.717, 1.165) is 31.7 Å². The molecule has 1 unspecified atom stereocenters. The molecule has 0 saturated carbocycles. The molecular formula is C15H23NO3. The summed E-state index contributed by atoms with van der Waals surface area (Å²) in [7, 11) is 0. The van der Waals surface area contributed by atoms with Crippen molar-refractivity contribution >= 4 is 0 Å². The Morgan fingerprint density at radius 2 is 2.32 bits per heavy atom. The lowest BCUT2D eigenvalue weighted by atomic mass is 10.1. The molecule has 0 amide bonds. The second-order valence-electron chi connectivity index (χ2n) is 4.95. The van der Waals surface area contributed by atoms with Crippen molar-refractivity contribution in [3.8, 4) is 5.75 Å². The number of benzene rings is 1. The number of aryl methyl sites for hydroxylation is 1. The molecule has 4 nitrogen and oxygen atoms in total. The van der Waals surface area contributed by atoms with Crippen molar-refractivity contribution in [3.05, 3.63) is 29.3 Å². The van der Waals surface area contributed by atoms with Gasteiger partial charge in [0, 0.05) is 19.6 Å². The summed E-state index contributed by atoms with van der Waals surface area (Å²) in [6.07, 6.45) is 2.19. The minimum atomic E-state index is 0.0982. The summed E-state index contributed by atoms with van der Waals surface area (Å²) < 4.78 is 11.1. The van der Waals surface area contributed by atoms with E-state index in [9.17, 15) is 0 Å². The van der Waals surface area contributed by atoms with Gasteiger partial charge in [-0.25, -0.2) is 0 Å². The van der Waals surface area contributed by atoms with Crippen LogP contribution in [0.25, 0.3) is 0 Å². The SMILES string of the molecule is Cc1ccc2c(c1)CC(CNCCCOCCO)O2. The first-order valence-corrected chi connectivity index (χ1v) is 6.95. The maximum atomic E-state index is 8.56. The molecule has 4 heteroatoms. The quantitative estimate of drug-likeness (QED) is 0.695. The third-order valence-electron chi connectivity index (χ3n) is 3.21. The maximum Gasteiger partial charge on any atom is 0.123 e. The van der Waals surface area contributed by atoms with Gasteiger partial charge in [0.1, 0.15) is 11.9 Å². The van der Waals surface area contributed by atoms with E-state index in [1.807, 2.05) is 0 Å². The number of ether oxygens (including phenoxy) is 2. The molecule has 0 aliphatic carbocycles. The Balaban J connectivity index is 1.59. The van der Waals surface area contributed by atoms with E-state index < -0.39 is 0 Å². The second-order valence-corrected chi connectivity index (χ2v) is 4.95. The molecule has 0 saturated heterocycles. The summed E-state index contributed by atoms with van der Waals surface area (Å²) in [4.78, 5) is 0. The van der Waals surface area contributed by atoms with Crippen LogP contribution in [0.5, 0.6) is 5.75 Å². The zero-order valence-electron chi connectivity index (χ0n) is 11.5. The highest BCUT2D eigenvalue weighted by molar-refractivity contribution is 5.40. The number of hydrogen-bond acceptors (Lipinski definition) is 4. The number of hydrogen-bond donors (Lipinski definition) is 2. The van der Waals surface area contributed by atoms with Gasteiger partial charge in [0.25, 0.3) is 0 Å². The number of nitrogens with one attached hydrogen (secondary N) is 1. The number of aliphatic hydroxyl groups excluding tert-OH is 1. The van der Waals surface area contributed by atoms with Gasteiger partial charge in [0.15, 0.2) is 0 Å². The minimum Gasteiger partial charge on any atom is -0.488 e. The lowest BCUT2D eigenvalue weighted by Gasteiger charge is -2.11. The van der Waals surface area contributed by atoms with Gasteiger partial charge in [-0.3, -0.25) is 0 Å². The van der Waals surface area contributed by atoms with Crippen LogP contribution in [0, 0.1) is 6.92 Å². The predicted octanol–water partition coefficient (Wildman–Crippen LogP) is 1.29. The lowest BCUT2D eigenvalue weighted by Crippen LogP contribution is -2.31. The van der Waals surface area contributed by atoms with Crippen LogP contribution < -0.4 is 10.1 Å². The average Bonchev–Trinajstić information content (AvgIpc) is 2.79. The molecular weight excluding hydrogens is 242 g/mol. The molecule has 0 radical (unpaired) electrons. The van der Waals surface area contributed by atoms with Crippen LogP contribution in [0.4, 0.5) is 0 Å². The fourth-order valence-electron chi connectivity index (χ4n) is 2.29. The third kappa shape index (κ3) is 4.49. The van der Waals surface area contributed by atoms with Crippen LogP contribution in [-0.4, -0.2) is 44.1 Å². The summed E-state index contributed by atoms with van der Waals surface area (Å²) in [5, 5.41) is 11.9. The topological polar surface area (TPSA) is 50.7 Å². The largest absolute Gasteiger partial charge is 0.488 e. The van der Waals surface area contributed by atoms with E-state index in [1.54, 1.807) is 0 Å². The maximum absolute atomic E-state index is 8.56. The van der Waals surface area contributed by atoms with Gasteiger partial charge in [-0.1, -0.05) is 17.7 Å². The van der Waals surface area contributed by atoms with Crippen molar-refractivity contribution in [3.63, 3.8) is 0 Å². The first kappa shape index (κ1) is 14.3. The van der Waals surface area contributed by atoms with E-state index in [2.05, 4.69) is 30.4 Å². The molecule has 0 aromatic heterocycles. The van der Waals surface area contributed by atoms with Crippen LogP contribution in [0.2, 0.25) is 0 Å². The lowest BCUT2D eigenvalue weighted by molar-refractivity contribution is 0.0903. The summed E-state index contributed by atoms with van der Waals surface area (Å²) in [6, 6.07) is 6.36. The second kappa shape index (κ2) is 7.48. The van der Waals surface area contributed by atoms with Gasteiger partial charge in [0.2, 0.25) is 0 Å². The van der Waals surface area contributed by atoms with E-state index in [1.165, 1.54) is 11.1 Å². The van der Waals surface area contributed by atoms with E-state index in [0.29, 0.717) is 13.2 Å². The van der Waals surface area contributed by atoms with E-state index in [4.69, 9.17) is 14.6 Å². The number of rotatable bonds is 8. The smallest absolute Gasteiger partial charge is 0.123 e. The molecule has 1 aromatic carbocycles. The van der Waals surface area contributed by atoms with Crippen molar-refractivity contribution in [1.82, 2.24) is 5.32 Å². The molecule has 106 valence electrons. The fraction of sp³-hybridized carbons (Fsp3) is 0.600. The van der Waals surface area contributed by atoms with Crippen LogP contribution in [0.15, 0.2) is 18.2 Å². The van der Waals surface area contributed by atoms with Crippen molar-refractivity contribution in [2.24, 2.45) is 0 Å². The predicted molar refractivity (Wildman–Crippen MR) is 74.7 cm³/mol. The molecule has 1 atom stereocenters. The van der Waals surface area contributed by atoms with Crippen LogP contribution in [0.3, 0.4) is 0 Å². The van der Waals surface area contributed by atoms with Gasteiger partial charge in [0.05, 0.1) is 13.2 Å². The number of aliphatic hydroxyl groups is 1. The number of fused-ring (bicyclic) bond motifs is 1. The minimum absolute atomic E-state index is 0.0982. The molecule has 1 aliphatic rings. The molecule has 1 heterocycles. The van der Waals surface area contributed by atoms with Crippen molar-refractivity contribution in [1.29, 1.82) is 0 Å². The summed E-state index contributed by atoms with van der Waals surface area (Å²) in [5.74, 6) is 1.03. The normalized spacial score (nSPS) is 17.3. The summed E-state index contributed by atoms with van der Waals surface area (Å²) in [5.41, 5.74) is 2.61. The van der Waals surface area contributed by atoms with Crippen LogP contribution >= 0.6 is 0 Å². The standard InChI is InChI=1S/C15H23NO3/c1-12-3-4-15-13(9-12)10-14(19-15)11-16-5-2-7-18-8-6-17/h3-4,9,14,16-17H,2,5-8,10-11H2,1H3. The molecule has 2 rings (SSSR count). The monoisotopic (exact) mass is 265 g/mol. The van der Waals surface area contributed by atoms with Crippen LogP contribution in [-0.2, 0) is 11.2 Å². The van der Waals surface area contributed by atoms with Crippen molar-refractivity contribution < 1.29 is 14.6 Å². The molecule has 2 N–H and O–H groups in total.